The number of hydrogen-bond acceptors (Lipinski definition) is 3. The van der Waals surface area contributed by atoms with E-state index in [0.717, 1.165) is 11.1 Å². The Hall–Kier alpha value is -3.54. The van der Waals surface area contributed by atoms with E-state index in [4.69, 9.17) is 4.74 Å². The molecule has 6 heteroatoms. The van der Waals surface area contributed by atoms with Gasteiger partial charge in [0.25, 0.3) is 0 Å². The van der Waals surface area contributed by atoms with Gasteiger partial charge in [0.2, 0.25) is 0 Å². The molecule has 0 N–H and O–H groups in total. The highest BCUT2D eigenvalue weighted by molar-refractivity contribution is 5.91. The molecular formula is C21H13F3O3. The fourth-order valence-electron chi connectivity index (χ4n) is 2.31. The van der Waals surface area contributed by atoms with Gasteiger partial charge in [-0.3, -0.25) is 0 Å². The average Bonchev–Trinajstić information content (AvgIpc) is 2.69. The lowest BCUT2D eigenvalue weighted by molar-refractivity contribution is 0.0734. The van der Waals surface area contributed by atoms with Crippen LogP contribution in [0.1, 0.15) is 10.4 Å². The predicted octanol–water partition coefficient (Wildman–Crippen LogP) is 5.99. The van der Waals surface area contributed by atoms with Crippen molar-refractivity contribution in [2.75, 3.05) is 0 Å². The number of esters is 1. The molecule has 3 nitrogen and oxygen atoms in total. The maximum atomic E-state index is 12.7. The van der Waals surface area contributed by atoms with Crippen molar-refractivity contribution in [1.29, 1.82) is 0 Å². The minimum Gasteiger partial charge on any atom is -0.428 e. The van der Waals surface area contributed by atoms with Gasteiger partial charge in [-0.2, -0.15) is 13.2 Å². The molecule has 0 aliphatic rings. The van der Waals surface area contributed by atoms with E-state index in [2.05, 4.69) is 4.74 Å². The van der Waals surface area contributed by atoms with E-state index < -0.39 is 18.1 Å². The number of halogens is 3. The van der Waals surface area contributed by atoms with Gasteiger partial charge in [0, 0.05) is 0 Å². The Morgan fingerprint density at radius 1 is 0.630 bits per heavy atom. The molecule has 136 valence electrons. The van der Waals surface area contributed by atoms with E-state index in [0.29, 0.717) is 5.75 Å². The van der Waals surface area contributed by atoms with E-state index in [1.807, 2.05) is 42.5 Å². The fourth-order valence-corrected chi connectivity index (χ4v) is 2.31. The van der Waals surface area contributed by atoms with Gasteiger partial charge < -0.3 is 9.47 Å². The molecule has 0 aliphatic carbocycles. The van der Waals surface area contributed by atoms with E-state index in [-0.39, 0.29) is 11.3 Å². The third-order valence-electron chi connectivity index (χ3n) is 3.62. The summed E-state index contributed by atoms with van der Waals surface area (Å²) in [5, 5.41) is 0. The average molecular weight is 370 g/mol. The van der Waals surface area contributed by atoms with Crippen LogP contribution in [0.25, 0.3) is 11.1 Å². The molecule has 0 saturated heterocycles. The van der Waals surface area contributed by atoms with Gasteiger partial charge in [-0.05, 0) is 47.5 Å². The van der Waals surface area contributed by atoms with Crippen LogP contribution in [0, 0.1) is 0 Å². The van der Waals surface area contributed by atoms with Crippen molar-refractivity contribution in [2.24, 2.45) is 0 Å². The molecule has 3 aromatic rings. The first kappa shape index (κ1) is 18.3. The lowest BCUT2D eigenvalue weighted by atomic mass is 10.1. The third kappa shape index (κ3) is 4.76. The van der Waals surface area contributed by atoms with Gasteiger partial charge in [-0.1, -0.05) is 42.5 Å². The highest BCUT2D eigenvalue weighted by Gasteiger charge is 2.11. The Morgan fingerprint density at radius 3 is 1.74 bits per heavy atom. The molecule has 3 aromatic carbocycles. The Labute approximate surface area is 153 Å². The Morgan fingerprint density at radius 2 is 1.15 bits per heavy atom. The van der Waals surface area contributed by atoms with Crippen LogP contribution in [-0.2, 0) is 0 Å². The van der Waals surface area contributed by atoms with Crippen molar-refractivity contribution >= 4 is 5.97 Å². The molecule has 0 amide bonds. The van der Waals surface area contributed by atoms with Crippen LogP contribution in [0.5, 0.6) is 11.5 Å². The highest BCUT2D eigenvalue weighted by Crippen LogP contribution is 2.23. The second-order valence-electron chi connectivity index (χ2n) is 5.44. The van der Waals surface area contributed by atoms with Gasteiger partial charge in [0.1, 0.15) is 11.5 Å². The first-order chi connectivity index (χ1) is 13.0. The zero-order valence-electron chi connectivity index (χ0n) is 13.9. The predicted molar refractivity (Wildman–Crippen MR) is 94.3 cm³/mol. The van der Waals surface area contributed by atoms with Crippen molar-refractivity contribution < 1.29 is 27.4 Å². The minimum absolute atomic E-state index is 0.163. The summed E-state index contributed by atoms with van der Waals surface area (Å²) in [6.45, 7) is 0. The molecule has 27 heavy (non-hydrogen) atoms. The topological polar surface area (TPSA) is 35.5 Å². The van der Waals surface area contributed by atoms with Crippen molar-refractivity contribution in [3.8, 4) is 22.6 Å². The molecule has 3 rings (SSSR count). The van der Waals surface area contributed by atoms with Crippen molar-refractivity contribution in [3.63, 3.8) is 0 Å². The quantitative estimate of drug-likeness (QED) is 0.315. The van der Waals surface area contributed by atoms with Crippen LogP contribution in [-0.4, -0.2) is 5.97 Å². The molecule has 0 spiro atoms. The van der Waals surface area contributed by atoms with Crippen molar-refractivity contribution in [1.82, 2.24) is 0 Å². The third-order valence-corrected chi connectivity index (χ3v) is 3.62. The van der Waals surface area contributed by atoms with Crippen LogP contribution in [0.3, 0.4) is 0 Å². The summed E-state index contributed by atoms with van der Waals surface area (Å²) in [5.41, 5.74) is 2.18. The molecule has 0 aliphatic heterocycles. The summed E-state index contributed by atoms with van der Waals surface area (Å²) in [4.78, 5) is 12.1. The lowest BCUT2D eigenvalue weighted by Gasteiger charge is -2.07. The summed E-state index contributed by atoms with van der Waals surface area (Å²) in [7, 11) is 0. The zero-order valence-corrected chi connectivity index (χ0v) is 13.9. The SMILES string of the molecule is O=C(Oc1ccc(-c2ccccc2)cc1)c1ccc(OC(F)=C(F)F)cc1. The summed E-state index contributed by atoms with van der Waals surface area (Å²) < 4.78 is 46.3. The molecular weight excluding hydrogens is 357 g/mol. The number of ether oxygens (including phenoxy) is 2. The van der Waals surface area contributed by atoms with E-state index in [1.54, 1.807) is 12.1 Å². The number of hydrogen-bond donors (Lipinski definition) is 0. The standard InChI is InChI=1S/C21H13F3O3/c22-19(23)20(24)26-17-12-8-16(9-13-17)21(25)27-18-10-6-15(7-11-18)14-4-2-1-3-5-14/h1-13H. The molecule has 0 fully saturated rings. The first-order valence-electron chi connectivity index (χ1n) is 7.89. The molecule has 0 heterocycles. The van der Waals surface area contributed by atoms with Crippen molar-refractivity contribution in [3.05, 3.63) is 96.5 Å². The first-order valence-corrected chi connectivity index (χ1v) is 7.89. The van der Waals surface area contributed by atoms with Crippen molar-refractivity contribution in [2.45, 2.75) is 0 Å². The second kappa shape index (κ2) is 8.23. The molecule has 0 bridgehead atoms. The largest absolute Gasteiger partial charge is 0.428 e. The molecule has 0 atom stereocenters. The second-order valence-corrected chi connectivity index (χ2v) is 5.44. The van der Waals surface area contributed by atoms with Crippen LogP contribution in [0.2, 0.25) is 0 Å². The summed E-state index contributed by atoms with van der Waals surface area (Å²) >= 11 is 0. The summed E-state index contributed by atoms with van der Waals surface area (Å²) in [6, 6.07) is 19.7. The normalized spacial score (nSPS) is 10.2. The van der Waals surface area contributed by atoms with Gasteiger partial charge in [0.15, 0.2) is 0 Å². The molecule has 0 aromatic heterocycles. The fraction of sp³-hybridized carbons (Fsp3) is 0. The highest BCUT2D eigenvalue weighted by atomic mass is 19.3. The zero-order chi connectivity index (χ0) is 19.2. The van der Waals surface area contributed by atoms with Gasteiger partial charge >= 0.3 is 18.1 Å². The van der Waals surface area contributed by atoms with Crippen LogP contribution >= 0.6 is 0 Å². The lowest BCUT2D eigenvalue weighted by Crippen LogP contribution is -2.08. The van der Waals surface area contributed by atoms with E-state index in [1.165, 1.54) is 24.3 Å². The number of carbonyl (C=O) groups is 1. The molecule has 0 unspecified atom stereocenters. The Balaban J connectivity index is 1.66. The minimum atomic E-state index is -2.56. The van der Waals surface area contributed by atoms with Gasteiger partial charge in [-0.15, -0.1) is 0 Å². The van der Waals surface area contributed by atoms with E-state index in [9.17, 15) is 18.0 Å². The van der Waals surface area contributed by atoms with Gasteiger partial charge in [0.05, 0.1) is 5.56 Å². The number of benzene rings is 3. The Bertz CT molecular complexity index is 946. The molecule has 0 radical (unpaired) electrons. The number of carbonyl (C=O) groups excluding carboxylic acids is 1. The van der Waals surface area contributed by atoms with Gasteiger partial charge in [-0.25, -0.2) is 4.79 Å². The summed E-state index contributed by atoms with van der Waals surface area (Å²) in [5.74, 6) is -0.445. The Kier molecular flexibility index (Phi) is 5.56. The summed E-state index contributed by atoms with van der Waals surface area (Å²) in [6.07, 6.45) is -2.56. The molecule has 0 saturated carbocycles. The smallest absolute Gasteiger partial charge is 0.344 e. The van der Waals surface area contributed by atoms with E-state index >= 15 is 0 Å². The monoisotopic (exact) mass is 370 g/mol. The maximum Gasteiger partial charge on any atom is 0.344 e. The number of rotatable bonds is 5. The maximum absolute atomic E-state index is 12.7. The van der Waals surface area contributed by atoms with Crippen LogP contribution < -0.4 is 9.47 Å². The van der Waals surface area contributed by atoms with Crippen LogP contribution in [0.4, 0.5) is 13.2 Å². The van der Waals surface area contributed by atoms with Crippen LogP contribution in [0.15, 0.2) is 91.0 Å².